The minimum Gasteiger partial charge on any atom is -0.490 e. The van der Waals surface area contributed by atoms with Crippen LogP contribution in [0.3, 0.4) is 0 Å². The van der Waals surface area contributed by atoms with Crippen molar-refractivity contribution in [3.8, 4) is 17.6 Å². The smallest absolute Gasteiger partial charge is 0.343 e. The highest BCUT2D eigenvalue weighted by Crippen LogP contribution is 2.30. The highest BCUT2D eigenvalue weighted by molar-refractivity contribution is 6.09. The molecule has 1 N–H and O–H groups in total. The Morgan fingerprint density at radius 3 is 2.62 bits per heavy atom. The van der Waals surface area contributed by atoms with Crippen LogP contribution in [0.4, 0.5) is 5.82 Å². The molecular formula is C24H21N3O5. The molecule has 0 atom stereocenters. The molecule has 0 radical (unpaired) electrons. The highest BCUT2D eigenvalue weighted by atomic mass is 16.6. The van der Waals surface area contributed by atoms with Gasteiger partial charge in [0.05, 0.1) is 12.2 Å². The Balaban J connectivity index is 1.83. The molecule has 1 heterocycles. The first-order valence-corrected chi connectivity index (χ1v) is 9.81. The van der Waals surface area contributed by atoms with E-state index >= 15 is 0 Å². The summed E-state index contributed by atoms with van der Waals surface area (Å²) in [7, 11) is 0. The number of hydrogen-bond donors (Lipinski definition) is 1. The predicted octanol–water partition coefficient (Wildman–Crippen LogP) is 4.46. The average molecular weight is 431 g/mol. The number of rotatable bonds is 7. The number of amides is 1. The predicted molar refractivity (Wildman–Crippen MR) is 117 cm³/mol. The Morgan fingerprint density at radius 1 is 1.16 bits per heavy atom. The number of nitrogens with one attached hydrogen (secondary N) is 1. The molecule has 3 aromatic rings. The number of nitrogens with zero attached hydrogens (tertiary/aromatic N) is 2. The maximum atomic E-state index is 12.5. The fourth-order valence-corrected chi connectivity index (χ4v) is 2.82. The van der Waals surface area contributed by atoms with Crippen LogP contribution in [0.2, 0.25) is 0 Å². The van der Waals surface area contributed by atoms with E-state index in [1.165, 1.54) is 12.1 Å². The molecule has 1 amide bonds. The van der Waals surface area contributed by atoms with E-state index in [4.69, 9.17) is 14.0 Å². The molecule has 0 spiro atoms. The lowest BCUT2D eigenvalue weighted by molar-refractivity contribution is -0.112. The van der Waals surface area contributed by atoms with E-state index in [2.05, 4.69) is 10.5 Å². The standard InChI is InChI=1S/C24H21N3O5/c1-4-30-21-13-17(12-19(14-25)23(28)26-22-11-16(3)32-27-22)8-9-20(21)31-24(29)18-7-5-6-15(2)10-18/h5-13H,4H2,1-3H3,(H,26,27,28). The first-order chi connectivity index (χ1) is 15.4. The summed E-state index contributed by atoms with van der Waals surface area (Å²) < 4.78 is 16.0. The minimum atomic E-state index is -0.631. The molecule has 0 saturated heterocycles. The number of aryl methyl sites for hydroxylation is 2. The van der Waals surface area contributed by atoms with Crippen LogP contribution in [-0.4, -0.2) is 23.6 Å². The van der Waals surface area contributed by atoms with Gasteiger partial charge < -0.3 is 19.3 Å². The van der Waals surface area contributed by atoms with Gasteiger partial charge in [-0.1, -0.05) is 28.9 Å². The zero-order valence-corrected chi connectivity index (χ0v) is 17.8. The van der Waals surface area contributed by atoms with E-state index in [0.717, 1.165) is 5.56 Å². The van der Waals surface area contributed by atoms with Gasteiger partial charge in [-0.3, -0.25) is 4.79 Å². The monoisotopic (exact) mass is 431 g/mol. The van der Waals surface area contributed by atoms with Crippen molar-refractivity contribution in [3.05, 3.63) is 76.6 Å². The highest BCUT2D eigenvalue weighted by Gasteiger charge is 2.15. The summed E-state index contributed by atoms with van der Waals surface area (Å²) in [5.41, 5.74) is 1.74. The lowest BCUT2D eigenvalue weighted by Gasteiger charge is -2.12. The van der Waals surface area contributed by atoms with E-state index in [0.29, 0.717) is 29.2 Å². The molecule has 1 aromatic heterocycles. The summed E-state index contributed by atoms with van der Waals surface area (Å²) in [5.74, 6) is 0.136. The summed E-state index contributed by atoms with van der Waals surface area (Å²) >= 11 is 0. The largest absolute Gasteiger partial charge is 0.490 e. The Labute approximate surface area is 185 Å². The van der Waals surface area contributed by atoms with Gasteiger partial charge in [-0.25, -0.2) is 4.79 Å². The van der Waals surface area contributed by atoms with Crippen molar-refractivity contribution in [2.75, 3.05) is 11.9 Å². The van der Waals surface area contributed by atoms with Crippen LogP contribution in [0.5, 0.6) is 11.5 Å². The van der Waals surface area contributed by atoms with Crippen LogP contribution in [0, 0.1) is 25.2 Å². The topological polar surface area (TPSA) is 114 Å². The molecule has 3 rings (SSSR count). The third-order valence-electron chi connectivity index (χ3n) is 4.27. The molecule has 8 heteroatoms. The lowest BCUT2D eigenvalue weighted by atomic mass is 10.1. The van der Waals surface area contributed by atoms with Crippen LogP contribution in [0.15, 0.2) is 58.6 Å². The summed E-state index contributed by atoms with van der Waals surface area (Å²) in [4.78, 5) is 24.9. The van der Waals surface area contributed by atoms with Crippen LogP contribution in [-0.2, 0) is 4.79 Å². The quantitative estimate of drug-likeness (QED) is 0.254. The Morgan fingerprint density at radius 2 is 1.97 bits per heavy atom. The maximum Gasteiger partial charge on any atom is 0.343 e. The van der Waals surface area contributed by atoms with Crippen molar-refractivity contribution >= 4 is 23.8 Å². The minimum absolute atomic E-state index is 0.141. The molecule has 8 nitrogen and oxygen atoms in total. The van der Waals surface area contributed by atoms with Gasteiger partial charge in [0.1, 0.15) is 17.4 Å². The second kappa shape index (κ2) is 10.1. The average Bonchev–Trinajstić information content (AvgIpc) is 3.18. The molecule has 0 bridgehead atoms. The maximum absolute atomic E-state index is 12.5. The van der Waals surface area contributed by atoms with Gasteiger partial charge in [0, 0.05) is 6.07 Å². The van der Waals surface area contributed by atoms with Crippen LogP contribution >= 0.6 is 0 Å². The molecule has 0 aliphatic carbocycles. The van der Waals surface area contributed by atoms with E-state index in [1.54, 1.807) is 50.2 Å². The summed E-state index contributed by atoms with van der Waals surface area (Å²) in [5, 5.41) is 15.6. The fraction of sp³-hybridized carbons (Fsp3) is 0.167. The van der Waals surface area contributed by atoms with Crippen molar-refractivity contribution < 1.29 is 23.6 Å². The first-order valence-electron chi connectivity index (χ1n) is 9.81. The SMILES string of the molecule is CCOc1cc(C=C(C#N)C(=O)Nc2cc(C)on2)ccc1OC(=O)c1cccc(C)c1. The van der Waals surface area contributed by atoms with Gasteiger partial charge in [-0.2, -0.15) is 5.26 Å². The second-order valence-corrected chi connectivity index (χ2v) is 6.84. The van der Waals surface area contributed by atoms with Gasteiger partial charge in [0.15, 0.2) is 17.3 Å². The summed E-state index contributed by atoms with van der Waals surface area (Å²) in [6.07, 6.45) is 1.40. The van der Waals surface area contributed by atoms with Crippen molar-refractivity contribution in [3.63, 3.8) is 0 Å². The first kappa shape index (κ1) is 22.3. The molecule has 0 aliphatic rings. The van der Waals surface area contributed by atoms with Gasteiger partial charge >= 0.3 is 5.97 Å². The summed E-state index contributed by atoms with van der Waals surface area (Å²) in [6.45, 7) is 5.70. The number of carbonyl (C=O) groups is 2. The molecule has 2 aromatic carbocycles. The third-order valence-corrected chi connectivity index (χ3v) is 4.27. The number of nitriles is 1. The van der Waals surface area contributed by atoms with Crippen LogP contribution in [0.25, 0.3) is 6.08 Å². The molecule has 0 fully saturated rings. The van der Waals surface area contributed by atoms with Crippen LogP contribution in [0.1, 0.15) is 34.2 Å². The van der Waals surface area contributed by atoms with Crippen molar-refractivity contribution in [1.82, 2.24) is 5.16 Å². The Bertz CT molecular complexity index is 1220. The van der Waals surface area contributed by atoms with Crippen molar-refractivity contribution in [2.24, 2.45) is 0 Å². The third kappa shape index (κ3) is 5.61. The lowest BCUT2D eigenvalue weighted by Crippen LogP contribution is -2.13. The Hall–Kier alpha value is -4.38. The van der Waals surface area contributed by atoms with E-state index < -0.39 is 11.9 Å². The number of esters is 1. The number of ether oxygens (including phenoxy) is 2. The van der Waals surface area contributed by atoms with Gasteiger partial charge in [-0.05, 0) is 56.7 Å². The number of aromatic nitrogens is 1. The number of carbonyl (C=O) groups excluding carboxylic acids is 2. The van der Waals surface area contributed by atoms with Gasteiger partial charge in [-0.15, -0.1) is 0 Å². The molecule has 0 saturated carbocycles. The van der Waals surface area contributed by atoms with Crippen molar-refractivity contribution in [1.29, 1.82) is 5.26 Å². The Kier molecular flexibility index (Phi) is 7.03. The van der Waals surface area contributed by atoms with E-state index in [9.17, 15) is 14.9 Å². The van der Waals surface area contributed by atoms with Gasteiger partial charge in [0.2, 0.25) is 0 Å². The number of hydrogen-bond acceptors (Lipinski definition) is 7. The zero-order chi connectivity index (χ0) is 23.1. The molecule has 162 valence electrons. The van der Waals surface area contributed by atoms with E-state index in [-0.39, 0.29) is 17.1 Å². The number of anilines is 1. The van der Waals surface area contributed by atoms with Crippen molar-refractivity contribution in [2.45, 2.75) is 20.8 Å². The molecule has 0 aliphatic heterocycles. The second-order valence-electron chi connectivity index (χ2n) is 6.84. The molecule has 0 unspecified atom stereocenters. The normalized spacial score (nSPS) is 10.9. The molecule has 32 heavy (non-hydrogen) atoms. The van der Waals surface area contributed by atoms with E-state index in [1.807, 2.05) is 19.1 Å². The fourth-order valence-electron chi connectivity index (χ4n) is 2.82. The van der Waals surface area contributed by atoms with Crippen LogP contribution < -0.4 is 14.8 Å². The zero-order valence-electron chi connectivity index (χ0n) is 17.8. The molecular weight excluding hydrogens is 410 g/mol. The number of benzene rings is 2. The van der Waals surface area contributed by atoms with Gasteiger partial charge in [0.25, 0.3) is 5.91 Å². The summed E-state index contributed by atoms with van der Waals surface area (Å²) in [6, 6.07) is 15.2.